The van der Waals surface area contributed by atoms with Gasteiger partial charge in [0, 0.05) is 11.8 Å². The fourth-order valence-electron chi connectivity index (χ4n) is 3.23. The SMILES string of the molecule is COc1ccc(NC(=O)CN(c2ccccc2C)S(=O)(=O)c2ccc(C)cc2)cc1OC. The molecular weight excluding hydrogens is 428 g/mol. The standard InChI is InChI=1S/C24H26N2O5S/c1-17-9-12-20(13-10-17)32(28,29)26(21-8-6-5-7-18(21)2)16-24(27)25-19-11-14-22(30-3)23(15-19)31-4/h5-15H,16H2,1-4H3,(H,25,27). The van der Waals surface area contributed by atoms with Crippen LogP contribution in [0.5, 0.6) is 11.5 Å². The smallest absolute Gasteiger partial charge is 0.264 e. The molecule has 0 unspecified atom stereocenters. The van der Waals surface area contributed by atoms with Gasteiger partial charge >= 0.3 is 0 Å². The van der Waals surface area contributed by atoms with E-state index in [0.717, 1.165) is 15.4 Å². The number of sulfonamides is 1. The number of carbonyl (C=O) groups is 1. The van der Waals surface area contributed by atoms with Crippen molar-refractivity contribution in [1.29, 1.82) is 0 Å². The normalized spacial score (nSPS) is 11.0. The number of amides is 1. The van der Waals surface area contributed by atoms with Crippen LogP contribution in [0.1, 0.15) is 11.1 Å². The van der Waals surface area contributed by atoms with Gasteiger partial charge in [-0.3, -0.25) is 9.10 Å². The van der Waals surface area contributed by atoms with Crippen LogP contribution in [0, 0.1) is 13.8 Å². The highest BCUT2D eigenvalue weighted by Gasteiger charge is 2.28. The molecule has 0 spiro atoms. The molecule has 0 saturated heterocycles. The molecule has 0 bridgehead atoms. The summed E-state index contributed by atoms with van der Waals surface area (Å²) in [5, 5.41) is 2.74. The van der Waals surface area contributed by atoms with E-state index in [1.165, 1.54) is 14.2 Å². The molecule has 3 aromatic rings. The lowest BCUT2D eigenvalue weighted by atomic mass is 10.2. The van der Waals surface area contributed by atoms with Crippen LogP contribution in [0.3, 0.4) is 0 Å². The van der Waals surface area contributed by atoms with Crippen molar-refractivity contribution in [2.75, 3.05) is 30.4 Å². The zero-order valence-corrected chi connectivity index (χ0v) is 19.3. The summed E-state index contributed by atoms with van der Waals surface area (Å²) in [5.74, 6) is 0.485. The molecule has 0 heterocycles. The van der Waals surface area contributed by atoms with Gasteiger partial charge in [0.25, 0.3) is 10.0 Å². The number of aryl methyl sites for hydroxylation is 2. The van der Waals surface area contributed by atoms with E-state index in [4.69, 9.17) is 9.47 Å². The van der Waals surface area contributed by atoms with Crippen LogP contribution < -0.4 is 19.1 Å². The molecule has 3 rings (SSSR count). The van der Waals surface area contributed by atoms with E-state index in [9.17, 15) is 13.2 Å². The number of carbonyl (C=O) groups excluding carboxylic acids is 1. The van der Waals surface area contributed by atoms with Gasteiger partial charge in [-0.15, -0.1) is 0 Å². The molecule has 7 nitrogen and oxygen atoms in total. The second kappa shape index (κ2) is 9.74. The van der Waals surface area contributed by atoms with E-state index in [2.05, 4.69) is 5.32 Å². The Morgan fingerprint density at radius 1 is 0.906 bits per heavy atom. The molecule has 8 heteroatoms. The molecule has 0 aliphatic heterocycles. The summed E-state index contributed by atoms with van der Waals surface area (Å²) in [7, 11) is -0.959. The maximum Gasteiger partial charge on any atom is 0.264 e. The third-order valence-electron chi connectivity index (χ3n) is 4.95. The van der Waals surface area contributed by atoms with E-state index in [-0.39, 0.29) is 4.90 Å². The fraction of sp³-hybridized carbons (Fsp3) is 0.208. The molecule has 3 aromatic carbocycles. The number of para-hydroxylation sites is 1. The van der Waals surface area contributed by atoms with Crippen molar-refractivity contribution in [2.24, 2.45) is 0 Å². The first-order valence-corrected chi connectivity index (χ1v) is 11.4. The number of methoxy groups -OCH3 is 2. The molecular formula is C24H26N2O5S. The Balaban J connectivity index is 1.94. The predicted molar refractivity (Wildman–Crippen MR) is 125 cm³/mol. The third kappa shape index (κ3) is 5.03. The van der Waals surface area contributed by atoms with Crippen molar-refractivity contribution in [1.82, 2.24) is 0 Å². The average molecular weight is 455 g/mol. The second-order valence-corrected chi connectivity index (χ2v) is 9.09. The molecule has 32 heavy (non-hydrogen) atoms. The van der Waals surface area contributed by atoms with Crippen LogP contribution in [0.25, 0.3) is 0 Å². The van der Waals surface area contributed by atoms with Gasteiger partial charge in [-0.25, -0.2) is 8.42 Å². The molecule has 0 saturated carbocycles. The van der Waals surface area contributed by atoms with Gasteiger partial charge in [0.1, 0.15) is 6.54 Å². The van der Waals surface area contributed by atoms with Crippen LogP contribution in [0.2, 0.25) is 0 Å². The van der Waals surface area contributed by atoms with Crippen LogP contribution in [0.4, 0.5) is 11.4 Å². The number of hydrogen-bond donors (Lipinski definition) is 1. The van der Waals surface area contributed by atoms with Crippen molar-refractivity contribution in [3.63, 3.8) is 0 Å². The molecule has 0 aromatic heterocycles. The summed E-state index contributed by atoms with van der Waals surface area (Å²) in [6.45, 7) is 3.29. The van der Waals surface area contributed by atoms with E-state index < -0.39 is 22.5 Å². The lowest BCUT2D eigenvalue weighted by Crippen LogP contribution is -2.38. The molecule has 1 amide bonds. The monoisotopic (exact) mass is 454 g/mol. The van der Waals surface area contributed by atoms with E-state index >= 15 is 0 Å². The van der Waals surface area contributed by atoms with Crippen molar-refractivity contribution in [2.45, 2.75) is 18.7 Å². The average Bonchev–Trinajstić information content (AvgIpc) is 2.78. The molecule has 1 N–H and O–H groups in total. The van der Waals surface area contributed by atoms with Gasteiger partial charge in [-0.05, 0) is 49.7 Å². The van der Waals surface area contributed by atoms with Crippen LogP contribution in [-0.4, -0.2) is 35.1 Å². The summed E-state index contributed by atoms with van der Waals surface area (Å²) in [6, 6.07) is 18.5. The maximum absolute atomic E-state index is 13.5. The van der Waals surface area contributed by atoms with Crippen molar-refractivity contribution in [3.8, 4) is 11.5 Å². The number of hydrogen-bond acceptors (Lipinski definition) is 5. The first-order valence-electron chi connectivity index (χ1n) is 9.93. The quantitative estimate of drug-likeness (QED) is 0.553. The third-order valence-corrected chi connectivity index (χ3v) is 6.72. The largest absolute Gasteiger partial charge is 0.493 e. The van der Waals surface area contributed by atoms with Gasteiger partial charge in [0.05, 0.1) is 24.8 Å². The Morgan fingerprint density at radius 3 is 2.19 bits per heavy atom. The molecule has 0 radical (unpaired) electrons. The highest BCUT2D eigenvalue weighted by atomic mass is 32.2. The maximum atomic E-state index is 13.5. The van der Waals surface area contributed by atoms with Crippen molar-refractivity contribution >= 4 is 27.3 Å². The fourth-order valence-corrected chi connectivity index (χ4v) is 4.71. The number of nitrogens with one attached hydrogen (secondary N) is 1. The lowest BCUT2D eigenvalue weighted by Gasteiger charge is -2.25. The van der Waals surface area contributed by atoms with E-state index in [1.807, 2.05) is 13.0 Å². The number of benzene rings is 3. The summed E-state index contributed by atoms with van der Waals surface area (Å²) in [4.78, 5) is 13.0. The van der Waals surface area contributed by atoms with Crippen LogP contribution >= 0.6 is 0 Å². The lowest BCUT2D eigenvalue weighted by molar-refractivity contribution is -0.114. The summed E-state index contributed by atoms with van der Waals surface area (Å²) in [5.41, 5.74) is 2.58. The van der Waals surface area contributed by atoms with Gasteiger partial charge in [-0.2, -0.15) is 0 Å². The Bertz CT molecular complexity index is 1210. The minimum atomic E-state index is -3.98. The minimum Gasteiger partial charge on any atom is -0.493 e. The summed E-state index contributed by atoms with van der Waals surface area (Å²) < 4.78 is 38.6. The summed E-state index contributed by atoms with van der Waals surface area (Å²) in [6.07, 6.45) is 0. The number of rotatable bonds is 8. The van der Waals surface area contributed by atoms with Crippen molar-refractivity contribution in [3.05, 3.63) is 77.9 Å². The van der Waals surface area contributed by atoms with E-state index in [0.29, 0.717) is 22.9 Å². The second-order valence-electron chi connectivity index (χ2n) is 7.23. The first-order chi connectivity index (χ1) is 15.3. The molecule has 168 valence electrons. The Labute approximate surface area is 188 Å². The topological polar surface area (TPSA) is 84.9 Å². The Kier molecular flexibility index (Phi) is 7.05. The highest BCUT2D eigenvalue weighted by molar-refractivity contribution is 7.92. The summed E-state index contributed by atoms with van der Waals surface area (Å²) >= 11 is 0. The van der Waals surface area contributed by atoms with Gasteiger partial charge in [-0.1, -0.05) is 35.9 Å². The first kappa shape index (κ1) is 23.1. The number of ether oxygens (including phenoxy) is 2. The minimum absolute atomic E-state index is 0.116. The number of anilines is 2. The van der Waals surface area contributed by atoms with Crippen LogP contribution in [0.15, 0.2) is 71.6 Å². The highest BCUT2D eigenvalue weighted by Crippen LogP contribution is 2.30. The zero-order valence-electron chi connectivity index (χ0n) is 18.5. The van der Waals surface area contributed by atoms with Gasteiger partial charge < -0.3 is 14.8 Å². The van der Waals surface area contributed by atoms with Gasteiger partial charge in [0.15, 0.2) is 11.5 Å². The molecule has 0 fully saturated rings. The molecule has 0 aliphatic carbocycles. The van der Waals surface area contributed by atoms with Gasteiger partial charge in [0.2, 0.25) is 5.91 Å². The molecule has 0 aliphatic rings. The Morgan fingerprint density at radius 2 is 1.56 bits per heavy atom. The zero-order chi connectivity index (χ0) is 23.3. The number of nitrogens with zero attached hydrogens (tertiary/aromatic N) is 1. The predicted octanol–water partition coefficient (Wildman–Crippen LogP) is 4.15. The van der Waals surface area contributed by atoms with Crippen LogP contribution in [-0.2, 0) is 14.8 Å². The van der Waals surface area contributed by atoms with E-state index in [1.54, 1.807) is 67.6 Å². The van der Waals surface area contributed by atoms with Crippen molar-refractivity contribution < 1.29 is 22.7 Å². The molecule has 0 atom stereocenters. The Hall–Kier alpha value is -3.52.